The summed E-state index contributed by atoms with van der Waals surface area (Å²) in [5.41, 5.74) is -0.290. The van der Waals surface area contributed by atoms with Gasteiger partial charge < -0.3 is 20.4 Å². The first-order chi connectivity index (χ1) is 9.38. The van der Waals surface area contributed by atoms with E-state index in [1.807, 2.05) is 6.07 Å². The Labute approximate surface area is 116 Å². The molecular weight excluding hydrogens is 262 g/mol. The SMILES string of the molecule is CC(CC#N)N(C)C(=O)Nc1cccc(C(=O)O)c1O. The summed E-state index contributed by atoms with van der Waals surface area (Å²) in [4.78, 5) is 24.1. The van der Waals surface area contributed by atoms with Gasteiger partial charge in [-0.1, -0.05) is 6.07 Å². The molecular formula is C13H15N3O4. The third-order valence-corrected chi connectivity index (χ3v) is 2.88. The number of hydrogen-bond acceptors (Lipinski definition) is 4. The van der Waals surface area contributed by atoms with Crippen LogP contribution in [0.5, 0.6) is 5.75 Å². The second kappa shape index (κ2) is 6.43. The number of aromatic hydroxyl groups is 1. The molecule has 2 amide bonds. The van der Waals surface area contributed by atoms with Crippen molar-refractivity contribution in [3.63, 3.8) is 0 Å². The molecule has 7 heteroatoms. The molecule has 1 rings (SSSR count). The molecule has 0 saturated carbocycles. The Morgan fingerprint density at radius 2 is 2.15 bits per heavy atom. The lowest BCUT2D eigenvalue weighted by Gasteiger charge is -2.23. The van der Waals surface area contributed by atoms with Crippen molar-refractivity contribution in [2.75, 3.05) is 12.4 Å². The predicted octanol–water partition coefficient (Wildman–Crippen LogP) is 1.86. The number of urea groups is 1. The highest BCUT2D eigenvalue weighted by Crippen LogP contribution is 2.27. The van der Waals surface area contributed by atoms with Gasteiger partial charge in [-0.25, -0.2) is 9.59 Å². The average Bonchev–Trinajstić information content (AvgIpc) is 2.40. The van der Waals surface area contributed by atoms with Crippen molar-refractivity contribution in [2.45, 2.75) is 19.4 Å². The molecule has 0 radical (unpaired) electrons. The van der Waals surface area contributed by atoms with Gasteiger partial charge in [0.05, 0.1) is 18.2 Å². The minimum atomic E-state index is -1.29. The summed E-state index contributed by atoms with van der Waals surface area (Å²) in [7, 11) is 1.51. The number of carboxylic acids is 1. The molecule has 0 aromatic heterocycles. The Morgan fingerprint density at radius 3 is 2.70 bits per heavy atom. The summed E-state index contributed by atoms with van der Waals surface area (Å²) in [6, 6.07) is 5.15. The van der Waals surface area contributed by atoms with Crippen LogP contribution in [-0.2, 0) is 0 Å². The van der Waals surface area contributed by atoms with Crippen molar-refractivity contribution in [3.05, 3.63) is 23.8 Å². The summed E-state index contributed by atoms with van der Waals surface area (Å²) in [6.07, 6.45) is 0.172. The molecule has 0 aliphatic heterocycles. The van der Waals surface area contributed by atoms with E-state index in [-0.39, 0.29) is 23.7 Å². The summed E-state index contributed by atoms with van der Waals surface area (Å²) in [5, 5.41) is 29.6. The number of benzene rings is 1. The van der Waals surface area contributed by atoms with Gasteiger partial charge in [0.1, 0.15) is 5.56 Å². The zero-order valence-electron chi connectivity index (χ0n) is 11.1. The van der Waals surface area contributed by atoms with E-state index in [1.54, 1.807) is 6.92 Å². The van der Waals surface area contributed by atoms with Crippen LogP contribution in [0.2, 0.25) is 0 Å². The van der Waals surface area contributed by atoms with Crippen LogP contribution in [0, 0.1) is 11.3 Å². The van der Waals surface area contributed by atoms with Gasteiger partial charge in [-0.15, -0.1) is 0 Å². The quantitative estimate of drug-likeness (QED) is 0.727. The van der Waals surface area contributed by atoms with E-state index in [0.29, 0.717) is 0 Å². The van der Waals surface area contributed by atoms with Gasteiger partial charge in [-0.3, -0.25) is 0 Å². The number of anilines is 1. The second-order valence-electron chi connectivity index (χ2n) is 4.26. The number of amides is 2. The third-order valence-electron chi connectivity index (χ3n) is 2.88. The second-order valence-corrected chi connectivity index (χ2v) is 4.26. The van der Waals surface area contributed by atoms with Crippen LogP contribution in [0.4, 0.5) is 10.5 Å². The maximum Gasteiger partial charge on any atom is 0.339 e. The monoisotopic (exact) mass is 277 g/mol. The maximum atomic E-state index is 11.9. The number of rotatable bonds is 4. The molecule has 0 spiro atoms. The first-order valence-corrected chi connectivity index (χ1v) is 5.84. The molecule has 0 heterocycles. The number of hydrogen-bond donors (Lipinski definition) is 3. The number of carboxylic acid groups (broad SMARTS) is 1. The summed E-state index contributed by atoms with van der Waals surface area (Å²) < 4.78 is 0. The smallest absolute Gasteiger partial charge is 0.339 e. The number of nitriles is 1. The fourth-order valence-corrected chi connectivity index (χ4v) is 1.49. The van der Waals surface area contributed by atoms with E-state index in [4.69, 9.17) is 10.4 Å². The summed E-state index contributed by atoms with van der Waals surface area (Å²) in [5.74, 6) is -1.79. The van der Waals surface area contributed by atoms with Crippen molar-refractivity contribution < 1.29 is 19.8 Å². The first-order valence-electron chi connectivity index (χ1n) is 5.84. The molecule has 1 aromatic rings. The van der Waals surface area contributed by atoms with Gasteiger partial charge >= 0.3 is 12.0 Å². The van der Waals surface area contributed by atoms with Crippen molar-refractivity contribution in [1.29, 1.82) is 5.26 Å². The molecule has 0 aliphatic carbocycles. The van der Waals surface area contributed by atoms with Crippen molar-refractivity contribution in [2.24, 2.45) is 0 Å². The highest BCUT2D eigenvalue weighted by atomic mass is 16.4. The van der Waals surface area contributed by atoms with E-state index < -0.39 is 17.7 Å². The third kappa shape index (κ3) is 3.38. The lowest BCUT2D eigenvalue weighted by Crippen LogP contribution is -2.38. The van der Waals surface area contributed by atoms with Crippen LogP contribution < -0.4 is 5.32 Å². The van der Waals surface area contributed by atoms with Gasteiger partial charge in [-0.05, 0) is 19.1 Å². The number of carbonyl (C=O) groups excluding carboxylic acids is 1. The van der Waals surface area contributed by atoms with Gasteiger partial charge in [-0.2, -0.15) is 5.26 Å². The van der Waals surface area contributed by atoms with E-state index in [9.17, 15) is 14.7 Å². The van der Waals surface area contributed by atoms with E-state index in [1.165, 1.54) is 30.1 Å². The molecule has 0 fully saturated rings. The molecule has 0 bridgehead atoms. The molecule has 7 nitrogen and oxygen atoms in total. The van der Waals surface area contributed by atoms with E-state index in [2.05, 4.69) is 5.32 Å². The van der Waals surface area contributed by atoms with Gasteiger partial charge in [0.15, 0.2) is 5.75 Å². The zero-order valence-corrected chi connectivity index (χ0v) is 11.1. The van der Waals surface area contributed by atoms with Crippen LogP contribution in [0.25, 0.3) is 0 Å². The van der Waals surface area contributed by atoms with Gasteiger partial charge in [0, 0.05) is 13.1 Å². The molecule has 0 aliphatic rings. The maximum absolute atomic E-state index is 11.9. The average molecular weight is 277 g/mol. The standard InChI is InChI=1S/C13H15N3O4/c1-8(6-7-14)16(2)13(20)15-10-5-3-4-9(11(10)17)12(18)19/h3-5,8,17H,6H2,1-2H3,(H,15,20)(H,18,19). The lowest BCUT2D eigenvalue weighted by atomic mass is 10.1. The lowest BCUT2D eigenvalue weighted by molar-refractivity contribution is 0.0693. The van der Waals surface area contributed by atoms with Crippen molar-refractivity contribution in [3.8, 4) is 11.8 Å². The Hall–Kier alpha value is -2.75. The normalized spacial score (nSPS) is 11.2. The topological polar surface area (TPSA) is 114 Å². The molecule has 3 N–H and O–H groups in total. The molecule has 1 unspecified atom stereocenters. The first kappa shape index (κ1) is 15.3. The molecule has 20 heavy (non-hydrogen) atoms. The van der Waals surface area contributed by atoms with E-state index in [0.717, 1.165) is 0 Å². The Bertz CT molecular complexity index is 565. The molecule has 0 saturated heterocycles. The zero-order chi connectivity index (χ0) is 15.3. The largest absolute Gasteiger partial charge is 0.505 e. The van der Waals surface area contributed by atoms with Gasteiger partial charge in [0.2, 0.25) is 0 Å². The van der Waals surface area contributed by atoms with Crippen LogP contribution in [0.15, 0.2) is 18.2 Å². The fourth-order valence-electron chi connectivity index (χ4n) is 1.49. The number of nitrogens with one attached hydrogen (secondary N) is 1. The number of aromatic carboxylic acids is 1. The highest BCUT2D eigenvalue weighted by Gasteiger charge is 2.19. The van der Waals surface area contributed by atoms with Gasteiger partial charge in [0.25, 0.3) is 0 Å². The Kier molecular flexibility index (Phi) is 4.92. The van der Waals surface area contributed by atoms with Crippen molar-refractivity contribution in [1.82, 2.24) is 4.90 Å². The van der Waals surface area contributed by atoms with Crippen LogP contribution in [0.3, 0.4) is 0 Å². The summed E-state index contributed by atoms with van der Waals surface area (Å²) in [6.45, 7) is 1.70. The van der Waals surface area contributed by atoms with Crippen LogP contribution >= 0.6 is 0 Å². The minimum absolute atomic E-state index is 0.00547. The molecule has 106 valence electrons. The molecule has 1 atom stereocenters. The number of nitrogens with zero attached hydrogens (tertiary/aromatic N) is 2. The summed E-state index contributed by atoms with van der Waals surface area (Å²) >= 11 is 0. The predicted molar refractivity (Wildman–Crippen MR) is 71.5 cm³/mol. The van der Waals surface area contributed by atoms with Crippen molar-refractivity contribution >= 4 is 17.7 Å². The molecule has 1 aromatic carbocycles. The fraction of sp³-hybridized carbons (Fsp3) is 0.308. The van der Waals surface area contributed by atoms with Crippen LogP contribution in [0.1, 0.15) is 23.7 Å². The number of carbonyl (C=O) groups is 2. The Balaban J connectivity index is 2.89. The Morgan fingerprint density at radius 1 is 1.50 bits per heavy atom. The number of phenols is 1. The number of para-hydroxylation sites is 1. The van der Waals surface area contributed by atoms with E-state index >= 15 is 0 Å². The minimum Gasteiger partial charge on any atom is -0.505 e. The van der Waals surface area contributed by atoms with Crippen LogP contribution in [-0.4, -0.2) is 40.2 Å². The highest BCUT2D eigenvalue weighted by molar-refractivity contribution is 5.97.